The summed E-state index contributed by atoms with van der Waals surface area (Å²) in [6.07, 6.45) is 2.14. The van der Waals surface area contributed by atoms with Crippen molar-refractivity contribution in [3.05, 3.63) is 11.8 Å². The Morgan fingerprint density at radius 1 is 1.69 bits per heavy atom. The highest BCUT2D eigenvalue weighted by molar-refractivity contribution is 5.12. The summed E-state index contributed by atoms with van der Waals surface area (Å²) in [5, 5.41) is 6.81. The van der Waals surface area contributed by atoms with Crippen LogP contribution in [0.15, 0.2) is 6.07 Å². The fourth-order valence-corrected chi connectivity index (χ4v) is 1.17. The molecule has 1 atom stereocenters. The van der Waals surface area contributed by atoms with Crippen molar-refractivity contribution in [1.82, 2.24) is 10.2 Å². The smallest absolute Gasteiger partial charge is 0.233 e. The highest BCUT2D eigenvalue weighted by Crippen LogP contribution is 2.11. The Kier molecular flexibility index (Phi) is 3.76. The second kappa shape index (κ2) is 4.87. The van der Waals surface area contributed by atoms with Crippen LogP contribution in [0.5, 0.6) is 5.88 Å². The van der Waals surface area contributed by atoms with E-state index in [1.54, 1.807) is 0 Å². The molecule has 0 aliphatic rings. The predicted octanol–water partition coefficient (Wildman–Crippen LogP) is 1.22. The standard InChI is InChI=1S/C9H17N3O/c1-3-4-8(6-10)13-9-5-7(2)11-12-9/h5,8H,3-4,6,10H2,1-2H3,(H,11,12). The van der Waals surface area contributed by atoms with Gasteiger partial charge >= 0.3 is 0 Å². The Bertz CT molecular complexity index is 247. The van der Waals surface area contributed by atoms with Crippen molar-refractivity contribution in [1.29, 1.82) is 0 Å². The van der Waals surface area contributed by atoms with Crippen LogP contribution in [-0.4, -0.2) is 22.8 Å². The molecule has 0 fully saturated rings. The molecule has 1 unspecified atom stereocenters. The third kappa shape index (κ3) is 3.06. The monoisotopic (exact) mass is 183 g/mol. The SMILES string of the molecule is CCCC(CN)Oc1cc(C)[nH]n1. The third-order valence-corrected chi connectivity index (χ3v) is 1.84. The van der Waals surface area contributed by atoms with Crippen LogP contribution >= 0.6 is 0 Å². The molecule has 0 saturated heterocycles. The fourth-order valence-electron chi connectivity index (χ4n) is 1.17. The summed E-state index contributed by atoms with van der Waals surface area (Å²) in [4.78, 5) is 0. The van der Waals surface area contributed by atoms with Gasteiger partial charge in [-0.15, -0.1) is 5.10 Å². The second-order valence-electron chi connectivity index (χ2n) is 3.15. The van der Waals surface area contributed by atoms with Crippen molar-refractivity contribution in [2.24, 2.45) is 5.73 Å². The maximum Gasteiger partial charge on any atom is 0.233 e. The van der Waals surface area contributed by atoms with E-state index in [9.17, 15) is 0 Å². The number of hydrogen-bond donors (Lipinski definition) is 2. The van der Waals surface area contributed by atoms with Crippen LogP contribution in [0.3, 0.4) is 0 Å². The van der Waals surface area contributed by atoms with E-state index >= 15 is 0 Å². The van der Waals surface area contributed by atoms with E-state index < -0.39 is 0 Å². The highest BCUT2D eigenvalue weighted by Gasteiger charge is 2.08. The van der Waals surface area contributed by atoms with Crippen molar-refractivity contribution in [3.63, 3.8) is 0 Å². The van der Waals surface area contributed by atoms with Crippen molar-refractivity contribution >= 4 is 0 Å². The molecule has 1 heterocycles. The normalized spacial score (nSPS) is 12.8. The maximum absolute atomic E-state index is 5.56. The van der Waals surface area contributed by atoms with Crippen molar-refractivity contribution in [3.8, 4) is 5.88 Å². The molecule has 0 amide bonds. The molecule has 0 aliphatic heterocycles. The van der Waals surface area contributed by atoms with E-state index in [4.69, 9.17) is 10.5 Å². The summed E-state index contributed by atoms with van der Waals surface area (Å²) in [6, 6.07) is 1.87. The molecule has 0 bridgehead atoms. The van der Waals surface area contributed by atoms with Crippen LogP contribution in [0, 0.1) is 6.92 Å². The molecule has 4 nitrogen and oxygen atoms in total. The first-order chi connectivity index (χ1) is 6.26. The number of aromatic amines is 1. The topological polar surface area (TPSA) is 63.9 Å². The van der Waals surface area contributed by atoms with Crippen LogP contribution in [0.2, 0.25) is 0 Å². The van der Waals surface area contributed by atoms with Gasteiger partial charge in [-0.3, -0.25) is 5.10 Å². The Labute approximate surface area is 78.5 Å². The first kappa shape index (κ1) is 10.1. The molecule has 0 radical (unpaired) electrons. The van der Waals surface area contributed by atoms with Crippen LogP contribution in [0.1, 0.15) is 25.5 Å². The van der Waals surface area contributed by atoms with E-state index in [1.807, 2.05) is 13.0 Å². The molecule has 0 spiro atoms. The molecule has 4 heteroatoms. The molecule has 0 aromatic carbocycles. The van der Waals surface area contributed by atoms with Crippen molar-refractivity contribution in [2.45, 2.75) is 32.8 Å². The summed E-state index contributed by atoms with van der Waals surface area (Å²) >= 11 is 0. The maximum atomic E-state index is 5.56. The van der Waals surface area contributed by atoms with Crippen molar-refractivity contribution < 1.29 is 4.74 Å². The number of rotatable bonds is 5. The Hall–Kier alpha value is -1.03. The lowest BCUT2D eigenvalue weighted by molar-refractivity contribution is 0.190. The van der Waals surface area contributed by atoms with E-state index in [1.165, 1.54) is 0 Å². The van der Waals surface area contributed by atoms with Gasteiger partial charge < -0.3 is 10.5 Å². The number of nitrogens with two attached hydrogens (primary N) is 1. The second-order valence-corrected chi connectivity index (χ2v) is 3.15. The molecular formula is C9H17N3O. The summed E-state index contributed by atoms with van der Waals surface area (Å²) in [5.41, 5.74) is 6.55. The van der Waals surface area contributed by atoms with E-state index in [0.29, 0.717) is 12.4 Å². The Morgan fingerprint density at radius 3 is 2.92 bits per heavy atom. The highest BCUT2D eigenvalue weighted by atomic mass is 16.5. The van der Waals surface area contributed by atoms with Gasteiger partial charge in [0.15, 0.2) is 0 Å². The van der Waals surface area contributed by atoms with Gasteiger partial charge in [-0.05, 0) is 13.3 Å². The number of nitrogens with one attached hydrogen (secondary N) is 1. The lowest BCUT2D eigenvalue weighted by atomic mass is 10.2. The minimum Gasteiger partial charge on any atom is -0.472 e. The van der Waals surface area contributed by atoms with Gasteiger partial charge in [0.2, 0.25) is 5.88 Å². The average Bonchev–Trinajstić information content (AvgIpc) is 2.50. The molecule has 1 aromatic rings. The lowest BCUT2D eigenvalue weighted by Gasteiger charge is -2.13. The predicted molar refractivity (Wildman–Crippen MR) is 51.7 cm³/mol. The zero-order valence-electron chi connectivity index (χ0n) is 8.21. The number of hydrogen-bond acceptors (Lipinski definition) is 3. The summed E-state index contributed by atoms with van der Waals surface area (Å²) in [5.74, 6) is 0.640. The van der Waals surface area contributed by atoms with E-state index in [2.05, 4.69) is 17.1 Å². The molecule has 3 N–H and O–H groups in total. The van der Waals surface area contributed by atoms with Gasteiger partial charge in [-0.2, -0.15) is 0 Å². The van der Waals surface area contributed by atoms with Gasteiger partial charge in [-0.25, -0.2) is 0 Å². The lowest BCUT2D eigenvalue weighted by Crippen LogP contribution is -2.26. The van der Waals surface area contributed by atoms with Gasteiger partial charge in [0.25, 0.3) is 0 Å². The van der Waals surface area contributed by atoms with E-state index in [0.717, 1.165) is 18.5 Å². The first-order valence-corrected chi connectivity index (χ1v) is 4.65. The molecule has 13 heavy (non-hydrogen) atoms. The van der Waals surface area contributed by atoms with Gasteiger partial charge in [0.05, 0.1) is 0 Å². The Balaban J connectivity index is 2.46. The zero-order valence-corrected chi connectivity index (χ0v) is 8.21. The third-order valence-electron chi connectivity index (χ3n) is 1.84. The number of aromatic nitrogens is 2. The van der Waals surface area contributed by atoms with E-state index in [-0.39, 0.29) is 6.10 Å². The van der Waals surface area contributed by atoms with Crippen LogP contribution < -0.4 is 10.5 Å². The number of nitrogens with zero attached hydrogens (tertiary/aromatic N) is 1. The number of H-pyrrole nitrogens is 1. The fraction of sp³-hybridized carbons (Fsp3) is 0.667. The molecular weight excluding hydrogens is 166 g/mol. The number of aryl methyl sites for hydroxylation is 1. The van der Waals surface area contributed by atoms with Gasteiger partial charge in [-0.1, -0.05) is 13.3 Å². The Morgan fingerprint density at radius 2 is 2.46 bits per heavy atom. The first-order valence-electron chi connectivity index (χ1n) is 4.65. The molecule has 0 aliphatic carbocycles. The van der Waals surface area contributed by atoms with Crippen LogP contribution in [-0.2, 0) is 0 Å². The molecule has 74 valence electrons. The zero-order chi connectivity index (χ0) is 9.68. The summed E-state index contributed by atoms with van der Waals surface area (Å²) in [7, 11) is 0. The minimum atomic E-state index is 0.0905. The van der Waals surface area contributed by atoms with Gasteiger partial charge in [0, 0.05) is 18.3 Å². The van der Waals surface area contributed by atoms with Crippen molar-refractivity contribution in [2.75, 3.05) is 6.54 Å². The quantitative estimate of drug-likeness (QED) is 0.721. The molecule has 1 aromatic heterocycles. The number of ether oxygens (including phenoxy) is 1. The average molecular weight is 183 g/mol. The largest absolute Gasteiger partial charge is 0.472 e. The summed E-state index contributed by atoms with van der Waals surface area (Å²) < 4.78 is 5.56. The minimum absolute atomic E-state index is 0.0905. The van der Waals surface area contributed by atoms with Crippen LogP contribution in [0.4, 0.5) is 0 Å². The molecule has 1 rings (SSSR count). The summed E-state index contributed by atoms with van der Waals surface area (Å²) in [6.45, 7) is 4.60. The van der Waals surface area contributed by atoms with Crippen LogP contribution in [0.25, 0.3) is 0 Å². The van der Waals surface area contributed by atoms with Gasteiger partial charge in [0.1, 0.15) is 6.10 Å². The molecule has 0 saturated carbocycles.